The van der Waals surface area contributed by atoms with E-state index in [1.807, 2.05) is 18.2 Å². The molecule has 104 valence electrons. The van der Waals surface area contributed by atoms with Crippen LogP contribution in [0.3, 0.4) is 0 Å². The van der Waals surface area contributed by atoms with E-state index in [9.17, 15) is 0 Å². The predicted molar refractivity (Wildman–Crippen MR) is 81.1 cm³/mol. The third kappa shape index (κ3) is 4.14. The molecule has 0 bridgehead atoms. The number of hydrogen-bond donors (Lipinski definition) is 2. The first-order chi connectivity index (χ1) is 9.33. The van der Waals surface area contributed by atoms with Crippen LogP contribution in [0.5, 0.6) is 5.75 Å². The first kappa shape index (κ1) is 14.2. The van der Waals surface area contributed by atoms with Gasteiger partial charge in [-0.15, -0.1) is 0 Å². The Kier molecular flexibility index (Phi) is 5.54. The number of imidazole rings is 1. The molecule has 0 atom stereocenters. The van der Waals surface area contributed by atoms with E-state index in [1.54, 1.807) is 18.9 Å². The summed E-state index contributed by atoms with van der Waals surface area (Å²) in [5.74, 6) is 1.93. The molecule has 0 aliphatic heterocycles. The van der Waals surface area contributed by atoms with Gasteiger partial charge in [-0.3, -0.25) is 0 Å². The summed E-state index contributed by atoms with van der Waals surface area (Å²) in [6.07, 6.45) is 2.35. The number of nitrogens with one attached hydrogen (secondary N) is 2. The van der Waals surface area contributed by atoms with Crippen molar-refractivity contribution >= 4 is 22.8 Å². The van der Waals surface area contributed by atoms with Crippen molar-refractivity contribution in [3.8, 4) is 5.75 Å². The second kappa shape index (κ2) is 7.40. The Morgan fingerprint density at radius 1 is 1.37 bits per heavy atom. The summed E-state index contributed by atoms with van der Waals surface area (Å²) in [4.78, 5) is 7.88. The molecule has 2 rings (SSSR count). The molecule has 0 spiro atoms. The number of benzene rings is 1. The highest BCUT2D eigenvalue weighted by atomic mass is 32.2. The molecular weight excluding hydrogens is 258 g/mol. The molecule has 2 aromatic rings. The number of thioether (sulfide) groups is 1. The Morgan fingerprint density at radius 2 is 2.26 bits per heavy atom. The number of ether oxygens (including phenoxy) is 1. The van der Waals surface area contributed by atoms with Crippen molar-refractivity contribution in [2.45, 2.75) is 24.9 Å². The van der Waals surface area contributed by atoms with Crippen molar-refractivity contribution in [2.24, 2.45) is 0 Å². The molecule has 2 N–H and O–H groups in total. The van der Waals surface area contributed by atoms with Crippen LogP contribution in [-0.4, -0.2) is 35.9 Å². The average Bonchev–Trinajstić information content (AvgIpc) is 2.84. The molecule has 0 fully saturated rings. The minimum Gasteiger partial charge on any atom is -0.497 e. The third-order valence-electron chi connectivity index (χ3n) is 2.83. The van der Waals surface area contributed by atoms with Crippen molar-refractivity contribution in [3.63, 3.8) is 0 Å². The fourth-order valence-corrected chi connectivity index (χ4v) is 2.66. The Hall–Kier alpha value is -1.20. The fourth-order valence-electron chi connectivity index (χ4n) is 1.83. The van der Waals surface area contributed by atoms with Crippen LogP contribution in [0.15, 0.2) is 23.4 Å². The average molecular weight is 279 g/mol. The highest BCUT2D eigenvalue weighted by Crippen LogP contribution is 2.23. The minimum atomic E-state index is 0.858. The SMILES string of the molecule is CCCNCCCSc1nc2ccc(OC)cc2[nH]1. The molecule has 1 aromatic carbocycles. The Bertz CT molecular complexity index is 512. The van der Waals surface area contributed by atoms with Gasteiger partial charge < -0.3 is 15.0 Å². The molecule has 0 aliphatic carbocycles. The van der Waals surface area contributed by atoms with Gasteiger partial charge in [0.15, 0.2) is 5.16 Å². The van der Waals surface area contributed by atoms with Gasteiger partial charge in [-0.2, -0.15) is 0 Å². The lowest BCUT2D eigenvalue weighted by Crippen LogP contribution is -2.16. The molecule has 0 radical (unpaired) electrons. The number of nitrogens with zero attached hydrogens (tertiary/aromatic N) is 1. The van der Waals surface area contributed by atoms with Crippen LogP contribution in [0.1, 0.15) is 19.8 Å². The van der Waals surface area contributed by atoms with Gasteiger partial charge in [-0.05, 0) is 38.1 Å². The molecule has 0 aliphatic rings. The van der Waals surface area contributed by atoms with Crippen molar-refractivity contribution < 1.29 is 4.74 Å². The van der Waals surface area contributed by atoms with Gasteiger partial charge in [0.25, 0.3) is 0 Å². The van der Waals surface area contributed by atoms with Crippen molar-refractivity contribution in [2.75, 3.05) is 26.0 Å². The second-order valence-electron chi connectivity index (χ2n) is 4.38. The summed E-state index contributed by atoms with van der Waals surface area (Å²) < 4.78 is 5.20. The largest absolute Gasteiger partial charge is 0.497 e. The van der Waals surface area contributed by atoms with E-state index in [2.05, 4.69) is 22.2 Å². The first-order valence-corrected chi connectivity index (χ1v) is 7.69. The highest BCUT2D eigenvalue weighted by molar-refractivity contribution is 7.99. The molecule has 5 heteroatoms. The lowest BCUT2D eigenvalue weighted by Gasteiger charge is -2.01. The van der Waals surface area contributed by atoms with Gasteiger partial charge in [0, 0.05) is 11.8 Å². The van der Waals surface area contributed by atoms with Crippen molar-refractivity contribution in [1.82, 2.24) is 15.3 Å². The van der Waals surface area contributed by atoms with E-state index in [-0.39, 0.29) is 0 Å². The zero-order valence-corrected chi connectivity index (χ0v) is 12.3. The van der Waals surface area contributed by atoms with Gasteiger partial charge in [0.2, 0.25) is 0 Å². The molecular formula is C14H21N3OS. The predicted octanol–water partition coefficient (Wildman–Crippen LogP) is 3.05. The second-order valence-corrected chi connectivity index (χ2v) is 5.46. The first-order valence-electron chi connectivity index (χ1n) is 6.70. The molecule has 0 amide bonds. The van der Waals surface area contributed by atoms with Crippen LogP contribution in [-0.2, 0) is 0 Å². The smallest absolute Gasteiger partial charge is 0.166 e. The monoisotopic (exact) mass is 279 g/mol. The maximum atomic E-state index is 5.20. The quantitative estimate of drug-likeness (QED) is 0.576. The molecule has 4 nitrogen and oxygen atoms in total. The van der Waals surface area contributed by atoms with Gasteiger partial charge in [-0.25, -0.2) is 4.98 Å². The number of hydrogen-bond acceptors (Lipinski definition) is 4. The number of rotatable bonds is 8. The fraction of sp³-hybridized carbons (Fsp3) is 0.500. The maximum Gasteiger partial charge on any atom is 0.166 e. The van der Waals surface area contributed by atoms with Gasteiger partial charge >= 0.3 is 0 Å². The maximum absolute atomic E-state index is 5.20. The molecule has 0 unspecified atom stereocenters. The molecule has 19 heavy (non-hydrogen) atoms. The van der Waals surface area contributed by atoms with Crippen LogP contribution in [0.25, 0.3) is 11.0 Å². The van der Waals surface area contributed by atoms with Gasteiger partial charge in [0.05, 0.1) is 18.1 Å². The van der Waals surface area contributed by atoms with Crippen LogP contribution < -0.4 is 10.1 Å². The lowest BCUT2D eigenvalue weighted by molar-refractivity contribution is 0.415. The van der Waals surface area contributed by atoms with E-state index < -0.39 is 0 Å². The Balaban J connectivity index is 1.84. The zero-order chi connectivity index (χ0) is 13.5. The number of aromatic amines is 1. The summed E-state index contributed by atoms with van der Waals surface area (Å²) in [6.45, 7) is 4.37. The van der Waals surface area contributed by atoms with Crippen LogP contribution in [0.2, 0.25) is 0 Å². The summed E-state index contributed by atoms with van der Waals surface area (Å²) in [5, 5.41) is 4.39. The zero-order valence-electron chi connectivity index (χ0n) is 11.5. The van der Waals surface area contributed by atoms with Crippen LogP contribution >= 0.6 is 11.8 Å². The highest BCUT2D eigenvalue weighted by Gasteiger charge is 2.04. The van der Waals surface area contributed by atoms with E-state index in [1.165, 1.54) is 6.42 Å². The number of H-pyrrole nitrogens is 1. The molecule has 0 saturated carbocycles. The van der Waals surface area contributed by atoms with Gasteiger partial charge in [-0.1, -0.05) is 18.7 Å². The van der Waals surface area contributed by atoms with E-state index >= 15 is 0 Å². The van der Waals surface area contributed by atoms with E-state index in [0.29, 0.717) is 0 Å². The third-order valence-corrected chi connectivity index (χ3v) is 3.79. The summed E-state index contributed by atoms with van der Waals surface area (Å²) >= 11 is 1.77. The van der Waals surface area contributed by atoms with Crippen molar-refractivity contribution in [1.29, 1.82) is 0 Å². The normalized spacial score (nSPS) is 11.1. The summed E-state index contributed by atoms with van der Waals surface area (Å²) in [7, 11) is 1.68. The van der Waals surface area contributed by atoms with Gasteiger partial charge in [0.1, 0.15) is 5.75 Å². The minimum absolute atomic E-state index is 0.858. The number of aromatic nitrogens is 2. The lowest BCUT2D eigenvalue weighted by atomic mass is 10.3. The van der Waals surface area contributed by atoms with E-state index in [0.717, 1.165) is 47.2 Å². The molecule has 1 heterocycles. The standard InChI is InChI=1S/C14H21N3OS/c1-3-7-15-8-4-9-19-14-16-12-6-5-11(18-2)10-13(12)17-14/h5-6,10,15H,3-4,7-9H2,1-2H3,(H,16,17). The topological polar surface area (TPSA) is 49.9 Å². The van der Waals surface area contributed by atoms with Crippen LogP contribution in [0.4, 0.5) is 0 Å². The summed E-state index contributed by atoms with van der Waals surface area (Å²) in [6, 6.07) is 5.90. The molecule has 1 aromatic heterocycles. The summed E-state index contributed by atoms with van der Waals surface area (Å²) in [5.41, 5.74) is 2.03. The van der Waals surface area contributed by atoms with Crippen LogP contribution in [0, 0.1) is 0 Å². The van der Waals surface area contributed by atoms with E-state index in [4.69, 9.17) is 4.74 Å². The Labute approximate surface area is 118 Å². The Morgan fingerprint density at radius 3 is 3.05 bits per heavy atom. The number of fused-ring (bicyclic) bond motifs is 1. The molecule has 0 saturated heterocycles. The van der Waals surface area contributed by atoms with Crippen molar-refractivity contribution in [3.05, 3.63) is 18.2 Å². The number of methoxy groups -OCH3 is 1.